The number of hydrogen-bond donors (Lipinski definition) is 0. The first kappa shape index (κ1) is 21.1. The van der Waals surface area contributed by atoms with E-state index in [9.17, 15) is 9.59 Å². The van der Waals surface area contributed by atoms with Crippen LogP contribution in [0.25, 0.3) is 6.08 Å². The molecule has 0 fully saturated rings. The van der Waals surface area contributed by atoms with E-state index in [1.165, 1.54) is 30.2 Å². The van der Waals surface area contributed by atoms with Crippen molar-refractivity contribution in [2.24, 2.45) is 0 Å². The Morgan fingerprint density at radius 3 is 2.36 bits per heavy atom. The molecule has 0 unspecified atom stereocenters. The summed E-state index contributed by atoms with van der Waals surface area (Å²) in [5, 5.41) is 0.329. The van der Waals surface area contributed by atoms with E-state index in [4.69, 9.17) is 37.4 Å². The molecule has 6 nitrogen and oxygen atoms in total. The van der Waals surface area contributed by atoms with Gasteiger partial charge in [-0.05, 0) is 26.8 Å². The smallest absolute Gasteiger partial charge is 0.415 e. The van der Waals surface area contributed by atoms with E-state index in [0.717, 1.165) is 0 Å². The fourth-order valence-electron chi connectivity index (χ4n) is 1.99. The van der Waals surface area contributed by atoms with Crippen LogP contribution in [0.3, 0.4) is 0 Å². The van der Waals surface area contributed by atoms with Crippen molar-refractivity contribution in [1.29, 1.82) is 0 Å². The van der Waals surface area contributed by atoms with Gasteiger partial charge < -0.3 is 19.1 Å². The highest BCUT2D eigenvalue weighted by Gasteiger charge is 2.22. The van der Waals surface area contributed by atoms with Gasteiger partial charge in [-0.2, -0.15) is 0 Å². The molecule has 1 aromatic carbocycles. The summed E-state index contributed by atoms with van der Waals surface area (Å²) in [6.07, 6.45) is 1.99. The fourth-order valence-corrected chi connectivity index (χ4v) is 2.39. The third kappa shape index (κ3) is 5.54. The molecule has 25 heavy (non-hydrogen) atoms. The maximum Gasteiger partial charge on any atom is 0.415 e. The zero-order valence-electron chi connectivity index (χ0n) is 14.6. The molecule has 1 amide bonds. The molecule has 8 heteroatoms. The van der Waals surface area contributed by atoms with Gasteiger partial charge in [0.1, 0.15) is 0 Å². The minimum Gasteiger partial charge on any atom is -0.493 e. The lowest BCUT2D eigenvalue weighted by molar-refractivity contribution is -0.137. The van der Waals surface area contributed by atoms with Crippen molar-refractivity contribution in [2.75, 3.05) is 26.8 Å². The summed E-state index contributed by atoms with van der Waals surface area (Å²) < 4.78 is 15.5. The van der Waals surface area contributed by atoms with Gasteiger partial charge in [-0.25, -0.2) is 9.59 Å². The quantitative estimate of drug-likeness (QED) is 0.510. The monoisotopic (exact) mass is 389 g/mol. The first-order chi connectivity index (χ1) is 11.9. The van der Waals surface area contributed by atoms with Crippen molar-refractivity contribution >= 4 is 41.3 Å². The number of amides is 1. The molecular formula is C17H21Cl2NO5. The molecule has 0 aliphatic carbocycles. The third-order valence-electron chi connectivity index (χ3n) is 3.28. The maximum atomic E-state index is 12.3. The van der Waals surface area contributed by atoms with Gasteiger partial charge in [0.05, 0.1) is 23.8 Å². The van der Waals surface area contributed by atoms with E-state index in [2.05, 4.69) is 0 Å². The number of carbonyl (C=O) groups is 2. The zero-order valence-corrected chi connectivity index (χ0v) is 16.1. The van der Waals surface area contributed by atoms with Crippen LogP contribution >= 0.6 is 23.2 Å². The third-order valence-corrected chi connectivity index (χ3v) is 4.08. The Morgan fingerprint density at radius 1 is 1.20 bits per heavy atom. The Balaban J connectivity index is 3.35. The first-order valence-corrected chi connectivity index (χ1v) is 8.52. The van der Waals surface area contributed by atoms with Gasteiger partial charge in [0.15, 0.2) is 11.5 Å². The van der Waals surface area contributed by atoms with Crippen LogP contribution in [-0.4, -0.2) is 43.8 Å². The number of carbonyl (C=O) groups excluding carboxylic acids is 2. The molecule has 0 radical (unpaired) electrons. The lowest BCUT2D eigenvalue weighted by Crippen LogP contribution is -2.33. The van der Waals surface area contributed by atoms with Crippen LogP contribution in [0.15, 0.2) is 12.1 Å². The summed E-state index contributed by atoms with van der Waals surface area (Å²) in [5.74, 6) is -0.258. The lowest BCUT2D eigenvalue weighted by atomic mass is 10.1. The number of rotatable bonds is 7. The number of esters is 1. The number of halogens is 2. The van der Waals surface area contributed by atoms with Crippen LogP contribution in [0.5, 0.6) is 11.5 Å². The molecule has 0 spiro atoms. The molecule has 0 heterocycles. The Labute approximate surface area is 157 Å². The van der Waals surface area contributed by atoms with Crippen molar-refractivity contribution in [1.82, 2.24) is 4.90 Å². The summed E-state index contributed by atoms with van der Waals surface area (Å²) >= 11 is 12.3. The van der Waals surface area contributed by atoms with E-state index < -0.39 is 12.1 Å². The molecule has 0 aliphatic heterocycles. The highest BCUT2D eigenvalue weighted by molar-refractivity contribution is 6.43. The molecule has 0 bridgehead atoms. The minimum atomic E-state index is -0.563. The van der Waals surface area contributed by atoms with Gasteiger partial charge in [-0.1, -0.05) is 23.2 Å². The van der Waals surface area contributed by atoms with Crippen molar-refractivity contribution in [3.05, 3.63) is 27.8 Å². The Hall–Kier alpha value is -1.92. The summed E-state index contributed by atoms with van der Waals surface area (Å²) in [6.45, 7) is 6.55. The van der Waals surface area contributed by atoms with E-state index in [1.54, 1.807) is 6.92 Å². The van der Waals surface area contributed by atoms with Crippen molar-refractivity contribution in [3.63, 3.8) is 0 Å². The average molecular weight is 390 g/mol. The number of methoxy groups -OCH3 is 1. The Morgan fingerprint density at radius 2 is 1.84 bits per heavy atom. The maximum absolute atomic E-state index is 12.3. The second kappa shape index (κ2) is 10.2. The van der Waals surface area contributed by atoms with Gasteiger partial charge in [0.2, 0.25) is 0 Å². The molecule has 1 aromatic rings. The summed E-state index contributed by atoms with van der Waals surface area (Å²) in [6, 6.07) is 1.44. The van der Waals surface area contributed by atoms with E-state index in [1.807, 2.05) is 13.8 Å². The van der Waals surface area contributed by atoms with Crippen LogP contribution in [0.4, 0.5) is 4.79 Å². The molecule has 0 aliphatic rings. The Kier molecular flexibility index (Phi) is 8.58. The highest BCUT2D eigenvalue weighted by atomic mass is 35.5. The number of benzene rings is 1. The lowest BCUT2D eigenvalue weighted by Gasteiger charge is -2.20. The summed E-state index contributed by atoms with van der Waals surface area (Å²) in [5.41, 5.74) is 0.250. The molecule has 138 valence electrons. The van der Waals surface area contributed by atoms with Gasteiger partial charge in [0.25, 0.3) is 0 Å². The van der Waals surface area contributed by atoms with Gasteiger partial charge >= 0.3 is 12.1 Å². The molecule has 0 atom stereocenters. The molecule has 0 saturated carbocycles. The summed E-state index contributed by atoms with van der Waals surface area (Å²) in [4.78, 5) is 25.3. The normalized spacial score (nSPS) is 10.6. The second-order valence-electron chi connectivity index (χ2n) is 4.74. The van der Waals surface area contributed by atoms with Crippen LogP contribution in [0, 0.1) is 0 Å². The van der Waals surface area contributed by atoms with E-state index in [0.29, 0.717) is 13.1 Å². The van der Waals surface area contributed by atoms with Crippen molar-refractivity contribution < 1.29 is 23.8 Å². The van der Waals surface area contributed by atoms with Crippen LogP contribution in [0.1, 0.15) is 26.3 Å². The number of ether oxygens (including phenoxy) is 3. The molecule has 1 rings (SSSR count). The van der Waals surface area contributed by atoms with Crippen LogP contribution in [-0.2, 0) is 9.53 Å². The standard InChI is InChI=1S/C17H21Cl2NO5/c1-5-20(6-2)17(22)25-16-11(8-9-14(21)24-7-3)15(19)12(18)10-13(16)23-4/h8-10H,5-7H2,1-4H3. The predicted molar refractivity (Wildman–Crippen MR) is 97.6 cm³/mol. The average Bonchev–Trinajstić information content (AvgIpc) is 2.58. The fraction of sp³-hybridized carbons (Fsp3) is 0.412. The van der Waals surface area contributed by atoms with Crippen molar-refractivity contribution in [3.8, 4) is 11.5 Å². The molecular weight excluding hydrogens is 369 g/mol. The van der Waals surface area contributed by atoms with E-state index in [-0.39, 0.29) is 33.7 Å². The highest BCUT2D eigenvalue weighted by Crippen LogP contribution is 2.42. The molecule has 0 N–H and O–H groups in total. The topological polar surface area (TPSA) is 65.1 Å². The Bertz CT molecular complexity index is 657. The number of hydrogen-bond acceptors (Lipinski definition) is 5. The SMILES string of the molecule is CCOC(=O)C=Cc1c(Cl)c(Cl)cc(OC)c1OC(=O)N(CC)CC. The largest absolute Gasteiger partial charge is 0.493 e. The number of nitrogens with zero attached hydrogens (tertiary/aromatic N) is 1. The van der Waals surface area contributed by atoms with E-state index >= 15 is 0 Å². The molecule has 0 saturated heterocycles. The van der Waals surface area contributed by atoms with Gasteiger partial charge in [0, 0.05) is 30.8 Å². The summed E-state index contributed by atoms with van der Waals surface area (Å²) in [7, 11) is 1.41. The second-order valence-corrected chi connectivity index (χ2v) is 5.53. The molecule has 0 aromatic heterocycles. The first-order valence-electron chi connectivity index (χ1n) is 7.77. The zero-order chi connectivity index (χ0) is 19.0. The van der Waals surface area contributed by atoms with Crippen LogP contribution < -0.4 is 9.47 Å². The van der Waals surface area contributed by atoms with Crippen LogP contribution in [0.2, 0.25) is 10.0 Å². The van der Waals surface area contributed by atoms with Gasteiger partial charge in [-0.15, -0.1) is 0 Å². The predicted octanol–water partition coefficient (Wildman–Crippen LogP) is 4.42. The minimum absolute atomic E-state index is 0.0781. The van der Waals surface area contributed by atoms with Gasteiger partial charge in [-0.3, -0.25) is 0 Å². The van der Waals surface area contributed by atoms with Crippen molar-refractivity contribution in [2.45, 2.75) is 20.8 Å².